The molecule has 2 unspecified atom stereocenters. The van der Waals surface area contributed by atoms with Crippen molar-refractivity contribution in [1.29, 1.82) is 0 Å². The van der Waals surface area contributed by atoms with E-state index in [1.54, 1.807) is 0 Å². The average Bonchev–Trinajstić information content (AvgIpc) is 2.62. The smallest absolute Gasteiger partial charge is 0.227 e. The Morgan fingerprint density at radius 3 is 2.38 bits per heavy atom. The van der Waals surface area contributed by atoms with E-state index >= 15 is 0 Å². The Morgan fingerprint density at radius 1 is 1.14 bits per heavy atom. The van der Waals surface area contributed by atoms with Crippen LogP contribution in [-0.2, 0) is 4.79 Å². The Hall–Kier alpha value is -0.650. The number of carbonyl (C=O) groups excluding carboxylic acids is 1. The van der Waals surface area contributed by atoms with Crippen LogP contribution < -0.4 is 5.73 Å². The summed E-state index contributed by atoms with van der Waals surface area (Å²) in [5.74, 6) is 0.278. The van der Waals surface area contributed by atoms with Crippen LogP contribution >= 0.6 is 0 Å². The molecule has 2 fully saturated rings. The van der Waals surface area contributed by atoms with Gasteiger partial charge in [0.1, 0.15) is 0 Å². The van der Waals surface area contributed by atoms with E-state index in [0.29, 0.717) is 6.54 Å². The maximum atomic E-state index is 12.7. The molecule has 0 radical (unpaired) electrons. The van der Waals surface area contributed by atoms with Crippen molar-refractivity contribution in [2.75, 3.05) is 32.7 Å². The highest BCUT2D eigenvalue weighted by Crippen LogP contribution is 2.24. The minimum absolute atomic E-state index is 0.0216. The zero-order valence-electron chi connectivity index (χ0n) is 13.6. The summed E-state index contributed by atoms with van der Waals surface area (Å²) in [7, 11) is 0. The number of rotatable bonds is 3. The molecule has 2 atom stereocenters. The summed E-state index contributed by atoms with van der Waals surface area (Å²) < 4.78 is 0. The molecule has 0 aromatic rings. The summed E-state index contributed by atoms with van der Waals surface area (Å²) in [5, 5.41) is 9.88. The first-order valence-electron chi connectivity index (χ1n) is 8.36. The van der Waals surface area contributed by atoms with Gasteiger partial charge in [0.05, 0.1) is 11.5 Å². The van der Waals surface area contributed by atoms with Crippen LogP contribution in [0.5, 0.6) is 0 Å². The van der Waals surface area contributed by atoms with Gasteiger partial charge in [-0.05, 0) is 26.7 Å². The number of piperazine rings is 1. The van der Waals surface area contributed by atoms with Gasteiger partial charge < -0.3 is 15.7 Å². The van der Waals surface area contributed by atoms with Gasteiger partial charge in [0.2, 0.25) is 5.91 Å². The SMILES string of the molecule is CC(C)(O)CN1CCN(C(=O)C2CCCCCC2N)CC1. The second-order valence-corrected chi connectivity index (χ2v) is 7.32. The minimum Gasteiger partial charge on any atom is -0.389 e. The summed E-state index contributed by atoms with van der Waals surface area (Å²) in [5.41, 5.74) is 5.54. The number of carbonyl (C=O) groups is 1. The number of β-amino-alcohol motifs (C(OH)–C–C–N with tert-alkyl or cyclic N) is 1. The molecule has 1 aliphatic carbocycles. The lowest BCUT2D eigenvalue weighted by Gasteiger charge is -2.39. The summed E-state index contributed by atoms with van der Waals surface area (Å²) in [6.07, 6.45) is 5.42. The molecule has 1 saturated heterocycles. The van der Waals surface area contributed by atoms with Gasteiger partial charge in [0, 0.05) is 38.8 Å². The van der Waals surface area contributed by atoms with Crippen LogP contribution in [0.2, 0.25) is 0 Å². The van der Waals surface area contributed by atoms with Crippen molar-refractivity contribution in [1.82, 2.24) is 9.80 Å². The Bertz CT molecular complexity index is 346. The molecule has 0 aromatic heterocycles. The predicted octanol–water partition coefficient (Wildman–Crippen LogP) is 0.809. The van der Waals surface area contributed by atoms with Crippen molar-refractivity contribution >= 4 is 5.91 Å². The number of aliphatic hydroxyl groups is 1. The van der Waals surface area contributed by atoms with E-state index in [9.17, 15) is 9.90 Å². The standard InChI is InChI=1S/C16H31N3O2/c1-16(2,21)12-18-8-10-19(11-9-18)15(20)13-6-4-3-5-7-14(13)17/h13-14,21H,3-12,17H2,1-2H3. The molecule has 5 heteroatoms. The van der Waals surface area contributed by atoms with Gasteiger partial charge in [-0.3, -0.25) is 9.69 Å². The largest absolute Gasteiger partial charge is 0.389 e. The van der Waals surface area contributed by atoms with Gasteiger partial charge in [-0.1, -0.05) is 19.3 Å². The van der Waals surface area contributed by atoms with E-state index < -0.39 is 5.60 Å². The van der Waals surface area contributed by atoms with Crippen LogP contribution in [0, 0.1) is 5.92 Å². The summed E-state index contributed by atoms with van der Waals surface area (Å²) in [4.78, 5) is 16.9. The Labute approximate surface area is 128 Å². The fraction of sp³-hybridized carbons (Fsp3) is 0.938. The zero-order valence-corrected chi connectivity index (χ0v) is 13.6. The molecule has 1 amide bonds. The third-order valence-corrected chi connectivity index (χ3v) is 4.68. The molecule has 1 saturated carbocycles. The van der Waals surface area contributed by atoms with Gasteiger partial charge in [-0.15, -0.1) is 0 Å². The fourth-order valence-corrected chi connectivity index (χ4v) is 3.55. The number of hydrogen-bond acceptors (Lipinski definition) is 4. The predicted molar refractivity (Wildman–Crippen MR) is 83.9 cm³/mol. The highest BCUT2D eigenvalue weighted by atomic mass is 16.3. The lowest BCUT2D eigenvalue weighted by atomic mass is 9.93. The maximum Gasteiger partial charge on any atom is 0.227 e. The summed E-state index contributed by atoms with van der Waals surface area (Å²) in [6.45, 7) is 7.54. The van der Waals surface area contributed by atoms with Crippen molar-refractivity contribution < 1.29 is 9.90 Å². The second-order valence-electron chi connectivity index (χ2n) is 7.32. The average molecular weight is 297 g/mol. The molecule has 5 nitrogen and oxygen atoms in total. The number of nitrogens with two attached hydrogens (primary N) is 1. The molecule has 2 rings (SSSR count). The second kappa shape index (κ2) is 7.07. The lowest BCUT2D eigenvalue weighted by molar-refractivity contribution is -0.138. The van der Waals surface area contributed by atoms with E-state index in [1.807, 2.05) is 18.7 Å². The quantitative estimate of drug-likeness (QED) is 0.756. The van der Waals surface area contributed by atoms with Crippen LogP contribution in [0.1, 0.15) is 46.0 Å². The van der Waals surface area contributed by atoms with Crippen LogP contribution in [-0.4, -0.2) is 65.2 Å². The van der Waals surface area contributed by atoms with E-state index in [0.717, 1.165) is 51.9 Å². The van der Waals surface area contributed by atoms with Gasteiger partial charge in [0.25, 0.3) is 0 Å². The van der Waals surface area contributed by atoms with Crippen molar-refractivity contribution in [3.05, 3.63) is 0 Å². The molecule has 2 aliphatic rings. The lowest BCUT2D eigenvalue weighted by Crippen LogP contribution is -2.54. The molecule has 0 spiro atoms. The van der Waals surface area contributed by atoms with E-state index in [1.165, 1.54) is 6.42 Å². The molecule has 1 aliphatic heterocycles. The normalized spacial score (nSPS) is 29.2. The zero-order chi connectivity index (χ0) is 15.5. The van der Waals surface area contributed by atoms with Crippen molar-refractivity contribution in [2.45, 2.75) is 57.6 Å². The van der Waals surface area contributed by atoms with Crippen molar-refractivity contribution in [3.8, 4) is 0 Å². The van der Waals surface area contributed by atoms with Gasteiger partial charge in [0.15, 0.2) is 0 Å². The maximum absolute atomic E-state index is 12.7. The molecule has 1 heterocycles. The summed E-state index contributed by atoms with van der Waals surface area (Å²) in [6, 6.07) is 0.0365. The minimum atomic E-state index is -0.671. The third-order valence-electron chi connectivity index (χ3n) is 4.68. The molecule has 3 N–H and O–H groups in total. The fourth-order valence-electron chi connectivity index (χ4n) is 3.55. The molecule has 122 valence electrons. The van der Waals surface area contributed by atoms with E-state index in [4.69, 9.17) is 5.73 Å². The highest BCUT2D eigenvalue weighted by molar-refractivity contribution is 5.79. The van der Waals surface area contributed by atoms with E-state index in [-0.39, 0.29) is 17.9 Å². The van der Waals surface area contributed by atoms with Crippen molar-refractivity contribution in [3.63, 3.8) is 0 Å². The topological polar surface area (TPSA) is 69.8 Å². The van der Waals surface area contributed by atoms with Gasteiger partial charge in [-0.2, -0.15) is 0 Å². The van der Waals surface area contributed by atoms with Crippen LogP contribution in [0.4, 0.5) is 0 Å². The third kappa shape index (κ3) is 4.94. The van der Waals surface area contributed by atoms with Gasteiger partial charge in [-0.25, -0.2) is 0 Å². The van der Waals surface area contributed by atoms with Crippen LogP contribution in [0.25, 0.3) is 0 Å². The summed E-state index contributed by atoms with van der Waals surface area (Å²) >= 11 is 0. The Balaban J connectivity index is 1.85. The van der Waals surface area contributed by atoms with Crippen LogP contribution in [0.3, 0.4) is 0 Å². The molecular formula is C16H31N3O2. The molecule has 21 heavy (non-hydrogen) atoms. The van der Waals surface area contributed by atoms with E-state index in [2.05, 4.69) is 4.90 Å². The number of hydrogen-bond donors (Lipinski definition) is 2. The monoisotopic (exact) mass is 297 g/mol. The van der Waals surface area contributed by atoms with Crippen molar-refractivity contribution in [2.24, 2.45) is 11.7 Å². The molecule has 0 aromatic carbocycles. The first-order chi connectivity index (χ1) is 9.87. The molecule has 0 bridgehead atoms. The Kier molecular flexibility index (Phi) is 5.63. The Morgan fingerprint density at radius 2 is 1.76 bits per heavy atom. The highest BCUT2D eigenvalue weighted by Gasteiger charge is 2.32. The van der Waals surface area contributed by atoms with Crippen LogP contribution in [0.15, 0.2) is 0 Å². The molecular weight excluding hydrogens is 266 g/mol. The first kappa shape index (κ1) is 16.7. The number of amides is 1. The first-order valence-corrected chi connectivity index (χ1v) is 8.36. The van der Waals surface area contributed by atoms with Gasteiger partial charge >= 0.3 is 0 Å². The number of nitrogens with zero attached hydrogens (tertiary/aromatic N) is 2.